The van der Waals surface area contributed by atoms with Gasteiger partial charge in [-0.05, 0) is 43.2 Å². The molecule has 0 radical (unpaired) electrons. The molecular weight excluding hydrogens is 393 g/mol. The smallest absolute Gasteiger partial charge is 0.191 e. The van der Waals surface area contributed by atoms with Gasteiger partial charge in [0.15, 0.2) is 27.4 Å². The molecule has 9 heteroatoms. The van der Waals surface area contributed by atoms with Crippen molar-refractivity contribution < 1.29 is 12.8 Å². The number of sulfone groups is 1. The van der Waals surface area contributed by atoms with E-state index in [1.54, 1.807) is 36.5 Å². The first kappa shape index (κ1) is 21.0. The Labute approximate surface area is 171 Å². The fourth-order valence-electron chi connectivity index (χ4n) is 3.21. The van der Waals surface area contributed by atoms with Crippen molar-refractivity contribution >= 4 is 21.6 Å². The Morgan fingerprint density at radius 1 is 1.31 bits per heavy atom. The molecule has 1 aliphatic heterocycles. The summed E-state index contributed by atoms with van der Waals surface area (Å²) < 4.78 is 37.1. The molecule has 0 bridgehead atoms. The second-order valence-corrected chi connectivity index (χ2v) is 9.01. The third-order valence-electron chi connectivity index (χ3n) is 4.68. The number of hydrogen-bond donors (Lipinski definition) is 2. The molecule has 0 aliphatic carbocycles. The minimum atomic E-state index is -3.20. The molecule has 1 atom stereocenters. The largest absolute Gasteiger partial charge is 0.357 e. The van der Waals surface area contributed by atoms with Crippen LogP contribution in [0.3, 0.4) is 0 Å². The van der Waals surface area contributed by atoms with E-state index >= 15 is 0 Å². The van der Waals surface area contributed by atoms with Gasteiger partial charge in [0, 0.05) is 38.1 Å². The number of rotatable bonds is 6. The van der Waals surface area contributed by atoms with Gasteiger partial charge < -0.3 is 15.5 Å². The van der Waals surface area contributed by atoms with Gasteiger partial charge in [-0.15, -0.1) is 0 Å². The monoisotopic (exact) mass is 419 g/mol. The molecule has 0 amide bonds. The first-order valence-corrected chi connectivity index (χ1v) is 11.4. The minimum absolute atomic E-state index is 0.127. The lowest BCUT2D eigenvalue weighted by atomic mass is 10.2. The Bertz CT molecular complexity index is 963. The number of aromatic nitrogens is 1. The van der Waals surface area contributed by atoms with Crippen LogP contribution in [0.1, 0.15) is 18.9 Å². The van der Waals surface area contributed by atoms with Gasteiger partial charge in [-0.3, -0.25) is 0 Å². The van der Waals surface area contributed by atoms with E-state index < -0.39 is 9.84 Å². The maximum atomic E-state index is 14.0. The number of benzene rings is 1. The molecule has 1 fully saturated rings. The van der Waals surface area contributed by atoms with Crippen molar-refractivity contribution in [2.75, 3.05) is 30.8 Å². The van der Waals surface area contributed by atoms with Gasteiger partial charge >= 0.3 is 0 Å². The van der Waals surface area contributed by atoms with Crippen molar-refractivity contribution in [3.8, 4) is 0 Å². The summed E-state index contributed by atoms with van der Waals surface area (Å²) in [4.78, 5) is 11.0. The summed E-state index contributed by atoms with van der Waals surface area (Å²) in [5, 5.41) is 6.61. The quantitative estimate of drug-likeness (QED) is 0.550. The van der Waals surface area contributed by atoms with Crippen LogP contribution < -0.4 is 15.5 Å². The van der Waals surface area contributed by atoms with Crippen molar-refractivity contribution in [3.05, 3.63) is 54.0 Å². The summed E-state index contributed by atoms with van der Waals surface area (Å²) in [7, 11) is -3.20. The molecule has 2 aromatic rings. The molecule has 0 spiro atoms. The number of anilines is 1. The molecule has 156 valence electrons. The van der Waals surface area contributed by atoms with Crippen LogP contribution in [0, 0.1) is 5.82 Å². The van der Waals surface area contributed by atoms with Gasteiger partial charge in [0.1, 0.15) is 0 Å². The highest BCUT2D eigenvalue weighted by Gasteiger charge is 2.25. The maximum Gasteiger partial charge on any atom is 0.191 e. The fourth-order valence-corrected chi connectivity index (χ4v) is 3.84. The third kappa shape index (κ3) is 5.66. The topological polar surface area (TPSA) is 86.7 Å². The average Bonchev–Trinajstić information content (AvgIpc) is 3.14. The number of nitrogens with one attached hydrogen (secondary N) is 2. The molecule has 1 aromatic carbocycles. The number of aliphatic imine (C=N–C) groups is 1. The molecule has 2 N–H and O–H groups in total. The lowest BCUT2D eigenvalue weighted by Crippen LogP contribution is -2.44. The van der Waals surface area contributed by atoms with Crippen LogP contribution in [0.4, 0.5) is 10.2 Å². The molecule has 0 saturated carbocycles. The van der Waals surface area contributed by atoms with E-state index in [2.05, 4.69) is 20.6 Å². The van der Waals surface area contributed by atoms with Gasteiger partial charge in [-0.25, -0.2) is 22.8 Å². The van der Waals surface area contributed by atoms with Crippen LogP contribution in [-0.2, 0) is 16.4 Å². The normalized spacial score (nSPS) is 17.4. The van der Waals surface area contributed by atoms with Gasteiger partial charge in [-0.1, -0.05) is 12.1 Å². The predicted molar refractivity (Wildman–Crippen MR) is 112 cm³/mol. The number of pyridine rings is 1. The number of hydrogen-bond acceptors (Lipinski definition) is 5. The van der Waals surface area contributed by atoms with Crippen molar-refractivity contribution in [3.63, 3.8) is 0 Å². The molecule has 7 nitrogen and oxygen atoms in total. The number of nitrogens with zero attached hydrogens (tertiary/aromatic N) is 3. The molecule has 1 aliphatic rings. The summed E-state index contributed by atoms with van der Waals surface area (Å²) in [6, 6.07) is 9.86. The third-order valence-corrected chi connectivity index (χ3v) is 5.81. The van der Waals surface area contributed by atoms with Crippen LogP contribution >= 0.6 is 0 Å². The van der Waals surface area contributed by atoms with Crippen molar-refractivity contribution in [2.45, 2.75) is 30.8 Å². The van der Waals surface area contributed by atoms with Gasteiger partial charge in [0.25, 0.3) is 0 Å². The van der Waals surface area contributed by atoms with Crippen molar-refractivity contribution in [1.82, 2.24) is 15.6 Å². The summed E-state index contributed by atoms with van der Waals surface area (Å²) in [5.41, 5.74) is 0.915. The molecule has 3 rings (SSSR count). The zero-order chi connectivity index (χ0) is 20.9. The van der Waals surface area contributed by atoms with Crippen molar-refractivity contribution in [2.24, 2.45) is 4.99 Å². The SMILES string of the molecule is CCNC(=NCc1ccc(S(C)(=O)=O)cc1)NC1CCN(c2ncccc2F)C1. The van der Waals surface area contributed by atoms with Crippen LogP contribution in [0.2, 0.25) is 0 Å². The highest BCUT2D eigenvalue weighted by molar-refractivity contribution is 7.90. The van der Waals surface area contributed by atoms with Crippen molar-refractivity contribution in [1.29, 1.82) is 0 Å². The predicted octanol–water partition coefficient (Wildman–Crippen LogP) is 1.96. The van der Waals surface area contributed by atoms with E-state index in [0.717, 1.165) is 18.5 Å². The molecule has 29 heavy (non-hydrogen) atoms. The standard InChI is InChI=1S/C20H26FN5O2S/c1-3-22-20(24-13-15-6-8-17(9-7-15)29(2,27)28)25-16-10-12-26(14-16)19-18(21)5-4-11-23-19/h4-9,11,16H,3,10,12-14H2,1-2H3,(H2,22,24,25). The highest BCUT2D eigenvalue weighted by atomic mass is 32.2. The molecule has 1 aromatic heterocycles. The van der Waals surface area contributed by atoms with Gasteiger partial charge in [0.2, 0.25) is 0 Å². The zero-order valence-electron chi connectivity index (χ0n) is 16.6. The van der Waals surface area contributed by atoms with Gasteiger partial charge in [-0.2, -0.15) is 0 Å². The molecule has 1 unspecified atom stereocenters. The number of guanidine groups is 1. The van der Waals surface area contributed by atoms with E-state index in [1.807, 2.05) is 11.8 Å². The number of halogens is 1. The maximum absolute atomic E-state index is 14.0. The average molecular weight is 420 g/mol. The van der Waals surface area contributed by atoms with Crippen LogP contribution in [0.15, 0.2) is 52.5 Å². The Hall–Kier alpha value is -2.68. The summed E-state index contributed by atoms with van der Waals surface area (Å²) in [5.74, 6) is 0.740. The second-order valence-electron chi connectivity index (χ2n) is 7.00. The summed E-state index contributed by atoms with van der Waals surface area (Å²) in [6.45, 7) is 4.48. The first-order valence-electron chi connectivity index (χ1n) is 9.56. The highest BCUT2D eigenvalue weighted by Crippen LogP contribution is 2.20. The second kappa shape index (κ2) is 9.21. The summed E-state index contributed by atoms with van der Waals surface area (Å²) in [6.07, 6.45) is 3.64. The first-order chi connectivity index (χ1) is 13.9. The van der Waals surface area contributed by atoms with Gasteiger partial charge in [0.05, 0.1) is 11.4 Å². The Kier molecular flexibility index (Phi) is 6.68. The van der Waals surface area contributed by atoms with E-state index in [1.165, 1.54) is 12.3 Å². The lowest BCUT2D eigenvalue weighted by Gasteiger charge is -2.20. The molecular formula is C20H26FN5O2S. The van der Waals surface area contributed by atoms with E-state index in [-0.39, 0.29) is 11.9 Å². The Morgan fingerprint density at radius 2 is 2.07 bits per heavy atom. The molecule has 2 heterocycles. The Balaban J connectivity index is 1.62. The van der Waals surface area contributed by atoms with E-state index in [0.29, 0.717) is 36.3 Å². The Morgan fingerprint density at radius 3 is 2.72 bits per heavy atom. The zero-order valence-corrected chi connectivity index (χ0v) is 17.4. The fraction of sp³-hybridized carbons (Fsp3) is 0.400. The molecule has 1 saturated heterocycles. The summed E-state index contributed by atoms with van der Waals surface area (Å²) >= 11 is 0. The minimum Gasteiger partial charge on any atom is -0.357 e. The van der Waals surface area contributed by atoms with Crippen LogP contribution in [0.5, 0.6) is 0 Å². The van der Waals surface area contributed by atoms with Crippen LogP contribution in [0.25, 0.3) is 0 Å². The lowest BCUT2D eigenvalue weighted by molar-refractivity contribution is 0.601. The van der Waals surface area contributed by atoms with Crippen LogP contribution in [-0.4, -0.2) is 51.3 Å². The van der Waals surface area contributed by atoms with E-state index in [9.17, 15) is 12.8 Å². The van der Waals surface area contributed by atoms with E-state index in [4.69, 9.17) is 0 Å².